The molecule has 20 heavy (non-hydrogen) atoms. The van der Waals surface area contributed by atoms with Gasteiger partial charge >= 0.3 is 0 Å². The molecular weight excluding hydrogens is 275 g/mol. The fraction of sp³-hybridized carbons (Fsp3) is 0.0667. The molecule has 2 aromatic carbocycles. The molecule has 0 amide bonds. The normalized spacial score (nSPS) is 11.2. The van der Waals surface area contributed by atoms with Crippen LogP contribution in [0.1, 0.15) is 11.1 Å². The molecule has 2 rings (SSSR count). The fourth-order valence-corrected chi connectivity index (χ4v) is 1.71. The Morgan fingerprint density at radius 3 is 1.75 bits per heavy atom. The zero-order valence-electron chi connectivity index (χ0n) is 10.1. The molecule has 0 aliphatic rings. The zero-order chi connectivity index (χ0) is 14.7. The number of hydrogen-bond acceptors (Lipinski definition) is 0. The molecule has 0 spiro atoms. The van der Waals surface area contributed by atoms with Gasteiger partial charge < -0.3 is 0 Å². The van der Waals surface area contributed by atoms with Gasteiger partial charge in [0, 0.05) is 5.56 Å². The van der Waals surface area contributed by atoms with E-state index < -0.39 is 34.6 Å². The van der Waals surface area contributed by atoms with E-state index in [0.717, 1.165) is 5.56 Å². The maximum atomic E-state index is 13.4. The highest BCUT2D eigenvalue weighted by atomic mass is 19.2. The van der Waals surface area contributed by atoms with Crippen LogP contribution in [0.4, 0.5) is 22.0 Å². The van der Waals surface area contributed by atoms with E-state index >= 15 is 0 Å². The van der Waals surface area contributed by atoms with E-state index in [4.69, 9.17) is 0 Å². The predicted octanol–water partition coefficient (Wildman–Crippen LogP) is 4.64. The molecule has 0 unspecified atom stereocenters. The van der Waals surface area contributed by atoms with E-state index in [1.54, 1.807) is 30.3 Å². The van der Waals surface area contributed by atoms with Crippen molar-refractivity contribution in [2.24, 2.45) is 0 Å². The van der Waals surface area contributed by atoms with E-state index in [1.165, 1.54) is 12.2 Å². The van der Waals surface area contributed by atoms with Gasteiger partial charge in [-0.1, -0.05) is 42.5 Å². The molecular formula is C15H9F5. The van der Waals surface area contributed by atoms with Crippen molar-refractivity contribution >= 4 is 6.08 Å². The highest BCUT2D eigenvalue weighted by Gasteiger charge is 2.24. The molecule has 0 saturated carbocycles. The first-order chi connectivity index (χ1) is 9.52. The van der Waals surface area contributed by atoms with Crippen molar-refractivity contribution in [3.8, 4) is 0 Å². The Morgan fingerprint density at radius 1 is 0.700 bits per heavy atom. The van der Waals surface area contributed by atoms with Gasteiger partial charge in [0.05, 0.1) is 0 Å². The summed E-state index contributed by atoms with van der Waals surface area (Å²) in [5, 5.41) is 0. The third-order valence-electron chi connectivity index (χ3n) is 2.73. The van der Waals surface area contributed by atoms with Crippen LogP contribution in [-0.4, -0.2) is 0 Å². The maximum absolute atomic E-state index is 13.4. The van der Waals surface area contributed by atoms with Crippen molar-refractivity contribution in [1.82, 2.24) is 0 Å². The predicted molar refractivity (Wildman–Crippen MR) is 65.4 cm³/mol. The summed E-state index contributed by atoms with van der Waals surface area (Å²) < 4.78 is 65.5. The second-order valence-electron chi connectivity index (χ2n) is 4.07. The molecule has 0 radical (unpaired) electrons. The standard InChI is InChI=1S/C15H9F5/c16-11-10(12(17)14(19)15(20)13(11)18)8-4-7-9-5-2-1-3-6-9/h1-7H,8H2. The molecule has 0 bridgehead atoms. The van der Waals surface area contributed by atoms with Crippen LogP contribution in [-0.2, 0) is 6.42 Å². The van der Waals surface area contributed by atoms with E-state index in [-0.39, 0.29) is 6.42 Å². The van der Waals surface area contributed by atoms with Crippen LogP contribution >= 0.6 is 0 Å². The van der Waals surface area contributed by atoms with Crippen molar-refractivity contribution in [2.45, 2.75) is 6.42 Å². The van der Waals surface area contributed by atoms with Crippen LogP contribution in [0.2, 0.25) is 0 Å². The summed E-state index contributed by atoms with van der Waals surface area (Å²) in [5.74, 6) is -9.58. The molecule has 0 aromatic heterocycles. The molecule has 0 fully saturated rings. The molecule has 0 atom stereocenters. The second kappa shape index (κ2) is 5.86. The summed E-state index contributed by atoms with van der Waals surface area (Å²) in [6, 6.07) is 8.81. The Bertz CT molecular complexity index is 618. The lowest BCUT2D eigenvalue weighted by molar-refractivity contribution is 0.371. The van der Waals surface area contributed by atoms with Crippen molar-refractivity contribution in [3.63, 3.8) is 0 Å². The van der Waals surface area contributed by atoms with Gasteiger partial charge in [0.25, 0.3) is 0 Å². The Hall–Kier alpha value is -2.17. The lowest BCUT2D eigenvalue weighted by Crippen LogP contribution is -2.06. The van der Waals surface area contributed by atoms with Gasteiger partial charge in [-0.2, -0.15) is 0 Å². The fourth-order valence-electron chi connectivity index (χ4n) is 1.71. The molecule has 0 heterocycles. The molecule has 0 aliphatic carbocycles. The molecule has 0 nitrogen and oxygen atoms in total. The summed E-state index contributed by atoms with van der Waals surface area (Å²) in [4.78, 5) is 0. The first kappa shape index (κ1) is 14.2. The number of allylic oxidation sites excluding steroid dienone is 1. The average molecular weight is 284 g/mol. The van der Waals surface area contributed by atoms with Gasteiger partial charge in [-0.25, -0.2) is 22.0 Å². The Morgan fingerprint density at radius 2 is 1.20 bits per heavy atom. The highest BCUT2D eigenvalue weighted by Crippen LogP contribution is 2.23. The molecule has 5 heteroatoms. The maximum Gasteiger partial charge on any atom is 0.200 e. The van der Waals surface area contributed by atoms with Gasteiger partial charge in [0.15, 0.2) is 23.3 Å². The average Bonchev–Trinajstić information content (AvgIpc) is 2.48. The Balaban J connectivity index is 2.29. The van der Waals surface area contributed by atoms with Crippen LogP contribution in [0.3, 0.4) is 0 Å². The summed E-state index contributed by atoms with van der Waals surface area (Å²) in [5.41, 5.74) is -0.0787. The van der Waals surface area contributed by atoms with Crippen LogP contribution in [0, 0.1) is 29.1 Å². The van der Waals surface area contributed by atoms with Gasteiger partial charge in [-0.05, 0) is 12.0 Å². The number of benzene rings is 2. The third-order valence-corrected chi connectivity index (χ3v) is 2.73. The van der Waals surface area contributed by atoms with E-state index in [0.29, 0.717) is 0 Å². The number of hydrogen-bond donors (Lipinski definition) is 0. The highest BCUT2D eigenvalue weighted by molar-refractivity contribution is 5.49. The minimum absolute atomic E-state index is 0.388. The smallest absolute Gasteiger partial charge is 0.200 e. The third kappa shape index (κ3) is 2.71. The first-order valence-electron chi connectivity index (χ1n) is 5.74. The van der Waals surface area contributed by atoms with Crippen molar-refractivity contribution in [2.75, 3.05) is 0 Å². The first-order valence-corrected chi connectivity index (χ1v) is 5.74. The topological polar surface area (TPSA) is 0 Å². The molecule has 0 saturated heterocycles. The minimum Gasteiger partial charge on any atom is -0.203 e. The van der Waals surface area contributed by atoms with Gasteiger partial charge in [-0.15, -0.1) is 0 Å². The monoisotopic (exact) mass is 284 g/mol. The SMILES string of the molecule is Fc1c(F)c(F)c(CC=Cc2ccccc2)c(F)c1F. The summed E-state index contributed by atoms with van der Waals surface area (Å²) in [6.45, 7) is 0. The van der Waals surface area contributed by atoms with Crippen LogP contribution in [0.15, 0.2) is 36.4 Å². The quantitative estimate of drug-likeness (QED) is 0.437. The number of halogens is 5. The van der Waals surface area contributed by atoms with Crippen molar-refractivity contribution in [3.05, 3.63) is 76.6 Å². The van der Waals surface area contributed by atoms with Crippen LogP contribution in [0.25, 0.3) is 6.08 Å². The number of rotatable bonds is 3. The molecule has 0 N–H and O–H groups in total. The second-order valence-corrected chi connectivity index (χ2v) is 4.07. The Labute approximate surface area is 112 Å². The van der Waals surface area contributed by atoms with Crippen molar-refractivity contribution in [1.29, 1.82) is 0 Å². The van der Waals surface area contributed by atoms with Gasteiger partial charge in [0.2, 0.25) is 5.82 Å². The van der Waals surface area contributed by atoms with Gasteiger partial charge in [-0.3, -0.25) is 0 Å². The Kier molecular flexibility index (Phi) is 4.17. The lowest BCUT2D eigenvalue weighted by Gasteiger charge is -2.05. The van der Waals surface area contributed by atoms with Crippen molar-refractivity contribution < 1.29 is 22.0 Å². The molecule has 2 aromatic rings. The molecule has 104 valence electrons. The van der Waals surface area contributed by atoms with Crippen LogP contribution in [0.5, 0.6) is 0 Å². The van der Waals surface area contributed by atoms with E-state index in [2.05, 4.69) is 0 Å². The largest absolute Gasteiger partial charge is 0.203 e. The summed E-state index contributed by atoms with van der Waals surface area (Å²) in [6.07, 6.45) is 2.49. The lowest BCUT2D eigenvalue weighted by atomic mass is 10.1. The summed E-state index contributed by atoms with van der Waals surface area (Å²) >= 11 is 0. The summed E-state index contributed by atoms with van der Waals surface area (Å²) in [7, 11) is 0. The van der Waals surface area contributed by atoms with E-state index in [1.807, 2.05) is 0 Å². The van der Waals surface area contributed by atoms with Crippen LogP contribution < -0.4 is 0 Å². The van der Waals surface area contributed by atoms with E-state index in [9.17, 15) is 22.0 Å². The van der Waals surface area contributed by atoms with Gasteiger partial charge in [0.1, 0.15) is 0 Å². The minimum atomic E-state index is -2.14. The zero-order valence-corrected chi connectivity index (χ0v) is 10.1. The molecule has 0 aliphatic heterocycles.